The quantitative estimate of drug-likeness (QED) is 0.726. The molecule has 1 rings (SSSR count). The standard InChI is InChI=1S/C12H18N2O3/c1-10(2)9-11(15)13-4-3-12(16)14-5-7-17-8-6-14/h3-4,9H,5-8H2,1-2H3,(H,13,15). The Morgan fingerprint density at radius 3 is 2.47 bits per heavy atom. The molecular weight excluding hydrogens is 220 g/mol. The topological polar surface area (TPSA) is 58.6 Å². The zero-order chi connectivity index (χ0) is 12.7. The maximum atomic E-state index is 11.6. The highest BCUT2D eigenvalue weighted by atomic mass is 16.5. The van der Waals surface area contributed by atoms with Crippen LogP contribution in [0.1, 0.15) is 13.8 Å². The molecule has 1 N–H and O–H groups in total. The predicted molar refractivity (Wildman–Crippen MR) is 64.1 cm³/mol. The van der Waals surface area contributed by atoms with Gasteiger partial charge in [0.25, 0.3) is 0 Å². The molecule has 0 unspecified atom stereocenters. The van der Waals surface area contributed by atoms with Crippen LogP contribution in [0.2, 0.25) is 0 Å². The average Bonchev–Trinajstić information content (AvgIpc) is 2.29. The first-order valence-electron chi connectivity index (χ1n) is 5.58. The number of hydrogen-bond donors (Lipinski definition) is 1. The van der Waals surface area contributed by atoms with E-state index >= 15 is 0 Å². The Morgan fingerprint density at radius 1 is 1.24 bits per heavy atom. The summed E-state index contributed by atoms with van der Waals surface area (Å²) in [7, 11) is 0. The summed E-state index contributed by atoms with van der Waals surface area (Å²) in [5, 5.41) is 2.51. The maximum absolute atomic E-state index is 11.6. The number of ether oxygens (including phenoxy) is 1. The van der Waals surface area contributed by atoms with Gasteiger partial charge in [-0.2, -0.15) is 0 Å². The van der Waals surface area contributed by atoms with Gasteiger partial charge in [-0.1, -0.05) is 5.57 Å². The lowest BCUT2D eigenvalue weighted by Gasteiger charge is -2.25. The molecule has 0 aromatic rings. The van der Waals surface area contributed by atoms with Crippen molar-refractivity contribution in [1.29, 1.82) is 0 Å². The predicted octanol–water partition coefficient (Wildman–Crippen LogP) is 0.441. The van der Waals surface area contributed by atoms with Crippen LogP contribution in [0.4, 0.5) is 0 Å². The van der Waals surface area contributed by atoms with Gasteiger partial charge in [0, 0.05) is 31.4 Å². The molecular formula is C12H18N2O3. The van der Waals surface area contributed by atoms with Crippen molar-refractivity contribution >= 4 is 11.8 Å². The van der Waals surface area contributed by atoms with Crippen LogP contribution in [0.25, 0.3) is 0 Å². The van der Waals surface area contributed by atoms with Gasteiger partial charge >= 0.3 is 0 Å². The number of hydrogen-bond acceptors (Lipinski definition) is 3. The van der Waals surface area contributed by atoms with E-state index in [1.54, 1.807) is 4.90 Å². The number of nitrogens with zero attached hydrogens (tertiary/aromatic N) is 1. The molecule has 0 saturated carbocycles. The number of allylic oxidation sites excluding steroid dienone is 1. The molecule has 1 aliphatic rings. The first-order chi connectivity index (χ1) is 8.09. The Labute approximate surface area is 101 Å². The number of nitrogens with one attached hydrogen (secondary N) is 1. The smallest absolute Gasteiger partial charge is 0.248 e. The molecule has 0 radical (unpaired) electrons. The Morgan fingerprint density at radius 2 is 1.88 bits per heavy atom. The van der Waals surface area contributed by atoms with Crippen LogP contribution in [-0.2, 0) is 14.3 Å². The molecule has 1 heterocycles. The summed E-state index contributed by atoms with van der Waals surface area (Å²) in [4.78, 5) is 24.5. The number of morpholine rings is 1. The molecule has 0 aromatic heterocycles. The van der Waals surface area contributed by atoms with Crippen molar-refractivity contribution in [2.75, 3.05) is 26.3 Å². The lowest BCUT2D eigenvalue weighted by atomic mass is 10.3. The Hall–Kier alpha value is -1.62. The van der Waals surface area contributed by atoms with Crippen LogP contribution < -0.4 is 5.32 Å². The van der Waals surface area contributed by atoms with E-state index in [0.717, 1.165) is 5.57 Å². The highest BCUT2D eigenvalue weighted by Crippen LogP contribution is 1.97. The molecule has 0 aromatic carbocycles. The van der Waals surface area contributed by atoms with Gasteiger partial charge in [0.15, 0.2) is 0 Å². The summed E-state index contributed by atoms with van der Waals surface area (Å²) in [6.07, 6.45) is 4.21. The number of carbonyl (C=O) groups is 2. The zero-order valence-corrected chi connectivity index (χ0v) is 10.2. The van der Waals surface area contributed by atoms with Crippen molar-refractivity contribution in [3.8, 4) is 0 Å². The highest BCUT2D eigenvalue weighted by Gasteiger charge is 2.13. The molecule has 0 spiro atoms. The van der Waals surface area contributed by atoms with Crippen molar-refractivity contribution in [2.24, 2.45) is 0 Å². The average molecular weight is 238 g/mol. The molecule has 1 fully saturated rings. The van der Waals surface area contributed by atoms with Crippen LogP contribution in [0.5, 0.6) is 0 Å². The summed E-state index contributed by atoms with van der Waals surface area (Å²) in [6.45, 7) is 6.02. The van der Waals surface area contributed by atoms with E-state index in [9.17, 15) is 9.59 Å². The molecule has 5 heteroatoms. The molecule has 1 aliphatic heterocycles. The van der Waals surface area contributed by atoms with Gasteiger partial charge in [-0.05, 0) is 13.8 Å². The van der Waals surface area contributed by atoms with E-state index in [-0.39, 0.29) is 11.8 Å². The highest BCUT2D eigenvalue weighted by molar-refractivity contribution is 5.91. The van der Waals surface area contributed by atoms with E-state index in [1.807, 2.05) is 13.8 Å². The van der Waals surface area contributed by atoms with Crippen LogP contribution in [-0.4, -0.2) is 43.0 Å². The zero-order valence-electron chi connectivity index (χ0n) is 10.2. The fraction of sp³-hybridized carbons (Fsp3) is 0.500. The van der Waals surface area contributed by atoms with Crippen molar-refractivity contribution < 1.29 is 14.3 Å². The van der Waals surface area contributed by atoms with Crippen LogP contribution in [0.15, 0.2) is 23.9 Å². The molecule has 5 nitrogen and oxygen atoms in total. The van der Waals surface area contributed by atoms with E-state index in [0.29, 0.717) is 26.3 Å². The van der Waals surface area contributed by atoms with Gasteiger partial charge in [0.1, 0.15) is 0 Å². The lowest BCUT2D eigenvalue weighted by molar-refractivity contribution is -0.129. The van der Waals surface area contributed by atoms with Crippen molar-refractivity contribution in [3.63, 3.8) is 0 Å². The minimum Gasteiger partial charge on any atom is -0.378 e. The molecule has 1 saturated heterocycles. The SMILES string of the molecule is CC(C)=CC(=O)NC=CC(=O)N1CCOCC1. The number of carbonyl (C=O) groups excluding carboxylic acids is 2. The van der Waals surface area contributed by atoms with Crippen LogP contribution >= 0.6 is 0 Å². The Kier molecular flexibility index (Phi) is 5.42. The second-order valence-corrected chi connectivity index (χ2v) is 4.00. The fourth-order valence-corrected chi connectivity index (χ4v) is 1.39. The number of rotatable bonds is 3. The van der Waals surface area contributed by atoms with Crippen LogP contribution in [0.3, 0.4) is 0 Å². The summed E-state index contributed by atoms with van der Waals surface area (Å²) >= 11 is 0. The minimum atomic E-state index is -0.226. The van der Waals surface area contributed by atoms with E-state index in [1.165, 1.54) is 18.4 Å². The van der Waals surface area contributed by atoms with E-state index in [4.69, 9.17) is 4.74 Å². The first-order valence-corrected chi connectivity index (χ1v) is 5.58. The molecule has 94 valence electrons. The summed E-state index contributed by atoms with van der Waals surface area (Å²) in [5.41, 5.74) is 0.912. The summed E-state index contributed by atoms with van der Waals surface area (Å²) in [6, 6.07) is 0. The largest absolute Gasteiger partial charge is 0.378 e. The summed E-state index contributed by atoms with van der Waals surface area (Å²) in [5.74, 6) is -0.332. The van der Waals surface area contributed by atoms with Gasteiger partial charge in [-0.25, -0.2) is 0 Å². The van der Waals surface area contributed by atoms with Crippen LogP contribution in [0, 0.1) is 0 Å². The lowest BCUT2D eigenvalue weighted by Crippen LogP contribution is -2.40. The first kappa shape index (κ1) is 13.4. The van der Waals surface area contributed by atoms with Gasteiger partial charge in [0.2, 0.25) is 11.8 Å². The maximum Gasteiger partial charge on any atom is 0.248 e. The second kappa shape index (κ2) is 6.85. The van der Waals surface area contributed by atoms with E-state index in [2.05, 4.69) is 5.32 Å². The van der Waals surface area contributed by atoms with Gasteiger partial charge in [-0.3, -0.25) is 9.59 Å². The molecule has 17 heavy (non-hydrogen) atoms. The van der Waals surface area contributed by atoms with Crippen molar-refractivity contribution in [1.82, 2.24) is 10.2 Å². The Balaban J connectivity index is 2.35. The van der Waals surface area contributed by atoms with E-state index < -0.39 is 0 Å². The monoisotopic (exact) mass is 238 g/mol. The molecule has 2 amide bonds. The third kappa shape index (κ3) is 5.31. The normalized spacial score (nSPS) is 15.8. The number of amides is 2. The second-order valence-electron chi connectivity index (χ2n) is 4.00. The molecule has 0 atom stereocenters. The molecule has 0 bridgehead atoms. The third-order valence-corrected chi connectivity index (χ3v) is 2.19. The van der Waals surface area contributed by atoms with Gasteiger partial charge < -0.3 is 15.0 Å². The Bertz CT molecular complexity index is 338. The van der Waals surface area contributed by atoms with Gasteiger partial charge in [0.05, 0.1) is 13.2 Å². The van der Waals surface area contributed by atoms with Crippen molar-refractivity contribution in [3.05, 3.63) is 23.9 Å². The minimum absolute atomic E-state index is 0.106. The molecule has 0 aliphatic carbocycles. The fourth-order valence-electron chi connectivity index (χ4n) is 1.39. The third-order valence-electron chi connectivity index (χ3n) is 2.19. The summed E-state index contributed by atoms with van der Waals surface area (Å²) < 4.78 is 5.14. The van der Waals surface area contributed by atoms with Crippen molar-refractivity contribution in [2.45, 2.75) is 13.8 Å². The van der Waals surface area contributed by atoms with Gasteiger partial charge in [-0.15, -0.1) is 0 Å².